The number of nitrogens with zero attached hydrogens (tertiary/aromatic N) is 5. The van der Waals surface area contributed by atoms with Crippen LogP contribution in [0.5, 0.6) is 5.88 Å². The number of benzene rings is 1. The van der Waals surface area contributed by atoms with E-state index < -0.39 is 0 Å². The number of hydrogen-bond acceptors (Lipinski definition) is 5. The van der Waals surface area contributed by atoms with Crippen LogP contribution in [0, 0.1) is 0 Å². The Morgan fingerprint density at radius 1 is 1.04 bits per heavy atom. The van der Waals surface area contributed by atoms with Crippen LogP contribution in [0.4, 0.5) is 0 Å². The minimum atomic E-state index is 0.540. The Bertz CT molecular complexity index is 1030. The van der Waals surface area contributed by atoms with Gasteiger partial charge in [-0.2, -0.15) is 5.10 Å². The summed E-state index contributed by atoms with van der Waals surface area (Å²) in [6.07, 6.45) is 6.98. The van der Waals surface area contributed by atoms with Gasteiger partial charge in [0.25, 0.3) is 0 Å². The summed E-state index contributed by atoms with van der Waals surface area (Å²) in [5, 5.41) is 6.10. The molecule has 7 heteroatoms. The molecule has 0 aliphatic rings. The van der Waals surface area contributed by atoms with Gasteiger partial charge in [-0.05, 0) is 24.3 Å². The second kappa shape index (κ2) is 6.49. The van der Waals surface area contributed by atoms with Crippen LogP contribution in [0.2, 0.25) is 5.02 Å². The van der Waals surface area contributed by atoms with Crippen molar-refractivity contribution in [2.24, 2.45) is 0 Å². The van der Waals surface area contributed by atoms with Crippen LogP contribution in [0.3, 0.4) is 0 Å². The fraction of sp³-hybridized carbons (Fsp3) is 0.111. The Morgan fingerprint density at radius 2 is 1.96 bits per heavy atom. The number of fused-ring (bicyclic) bond motifs is 1. The van der Waals surface area contributed by atoms with Crippen molar-refractivity contribution in [3.8, 4) is 17.1 Å². The van der Waals surface area contributed by atoms with E-state index in [0.29, 0.717) is 17.4 Å². The highest BCUT2D eigenvalue weighted by molar-refractivity contribution is 6.31. The average molecular weight is 352 g/mol. The summed E-state index contributed by atoms with van der Waals surface area (Å²) in [6.45, 7) is 0.540. The standard InChI is InChI=1S/C18H14ClN5O/c1-25-18-7-12(4-5-20-18)16-10-21-15(9-22-16)11-24-17-3-2-14(19)6-13(17)8-23-24/h2-10H,11H2,1H3. The van der Waals surface area contributed by atoms with E-state index in [9.17, 15) is 0 Å². The normalized spacial score (nSPS) is 11.0. The van der Waals surface area contributed by atoms with E-state index in [2.05, 4.69) is 20.1 Å². The first-order valence-corrected chi connectivity index (χ1v) is 8.03. The van der Waals surface area contributed by atoms with Gasteiger partial charge in [-0.25, -0.2) is 4.98 Å². The number of rotatable bonds is 4. The van der Waals surface area contributed by atoms with Gasteiger partial charge in [-0.15, -0.1) is 0 Å². The fourth-order valence-corrected chi connectivity index (χ4v) is 2.78. The quantitative estimate of drug-likeness (QED) is 0.562. The zero-order valence-corrected chi connectivity index (χ0v) is 14.2. The van der Waals surface area contributed by atoms with E-state index in [1.165, 1.54) is 0 Å². The van der Waals surface area contributed by atoms with Crippen LogP contribution < -0.4 is 4.74 Å². The van der Waals surface area contributed by atoms with Crippen molar-refractivity contribution in [2.75, 3.05) is 7.11 Å². The Hall–Kier alpha value is -2.99. The number of pyridine rings is 1. The third-order valence-electron chi connectivity index (χ3n) is 3.86. The molecule has 0 bridgehead atoms. The molecule has 0 saturated heterocycles. The van der Waals surface area contributed by atoms with Gasteiger partial charge in [-0.3, -0.25) is 14.6 Å². The Morgan fingerprint density at radius 3 is 2.76 bits per heavy atom. The Labute approximate surface area is 149 Å². The summed E-state index contributed by atoms with van der Waals surface area (Å²) in [5.74, 6) is 0.546. The van der Waals surface area contributed by atoms with Gasteiger partial charge < -0.3 is 4.74 Å². The topological polar surface area (TPSA) is 65.7 Å². The van der Waals surface area contributed by atoms with Gasteiger partial charge in [0.2, 0.25) is 5.88 Å². The summed E-state index contributed by atoms with van der Waals surface area (Å²) >= 11 is 6.01. The molecule has 3 aromatic heterocycles. The van der Waals surface area contributed by atoms with Crippen LogP contribution in [0.25, 0.3) is 22.2 Å². The molecule has 1 aromatic carbocycles. The fourth-order valence-electron chi connectivity index (χ4n) is 2.60. The lowest BCUT2D eigenvalue weighted by Crippen LogP contribution is -2.04. The Kier molecular flexibility index (Phi) is 4.03. The summed E-state index contributed by atoms with van der Waals surface area (Å²) in [5.41, 5.74) is 3.51. The van der Waals surface area contributed by atoms with E-state index in [0.717, 1.165) is 27.9 Å². The number of ether oxygens (including phenoxy) is 1. The molecule has 0 unspecified atom stereocenters. The molecule has 4 aromatic rings. The molecule has 0 aliphatic heterocycles. The minimum Gasteiger partial charge on any atom is -0.481 e. The van der Waals surface area contributed by atoms with Crippen LogP contribution in [-0.2, 0) is 6.54 Å². The predicted octanol–water partition coefficient (Wildman–Crippen LogP) is 3.60. The zero-order chi connectivity index (χ0) is 17.2. The highest BCUT2D eigenvalue weighted by Gasteiger charge is 2.07. The monoisotopic (exact) mass is 351 g/mol. The maximum Gasteiger partial charge on any atom is 0.213 e. The first-order valence-electron chi connectivity index (χ1n) is 7.65. The number of aromatic nitrogens is 5. The summed E-state index contributed by atoms with van der Waals surface area (Å²) in [6, 6.07) is 9.40. The highest BCUT2D eigenvalue weighted by Crippen LogP contribution is 2.21. The second-order valence-electron chi connectivity index (χ2n) is 5.49. The summed E-state index contributed by atoms with van der Waals surface area (Å²) in [7, 11) is 1.59. The van der Waals surface area contributed by atoms with Gasteiger partial charge in [0, 0.05) is 28.2 Å². The van der Waals surface area contributed by atoms with Crippen molar-refractivity contribution in [3.05, 3.63) is 65.8 Å². The maximum atomic E-state index is 6.01. The molecule has 0 aliphatic carbocycles. The number of halogens is 1. The lowest BCUT2D eigenvalue weighted by atomic mass is 10.2. The average Bonchev–Trinajstić information content (AvgIpc) is 3.04. The van der Waals surface area contributed by atoms with Crippen molar-refractivity contribution in [1.29, 1.82) is 0 Å². The molecule has 3 heterocycles. The van der Waals surface area contributed by atoms with E-state index in [-0.39, 0.29) is 0 Å². The highest BCUT2D eigenvalue weighted by atomic mass is 35.5. The predicted molar refractivity (Wildman–Crippen MR) is 95.7 cm³/mol. The molecule has 0 saturated carbocycles. The van der Waals surface area contributed by atoms with Crippen molar-refractivity contribution in [1.82, 2.24) is 24.7 Å². The molecule has 124 valence electrons. The number of hydrogen-bond donors (Lipinski definition) is 0. The van der Waals surface area contributed by atoms with E-state index in [1.54, 1.807) is 31.9 Å². The summed E-state index contributed by atoms with van der Waals surface area (Å²) in [4.78, 5) is 13.1. The second-order valence-corrected chi connectivity index (χ2v) is 5.92. The molecule has 0 spiro atoms. The SMILES string of the molecule is COc1cc(-c2cnc(Cn3ncc4cc(Cl)ccc43)cn2)ccn1. The van der Waals surface area contributed by atoms with Crippen LogP contribution in [-0.4, -0.2) is 31.8 Å². The van der Waals surface area contributed by atoms with Gasteiger partial charge >= 0.3 is 0 Å². The molecule has 0 atom stereocenters. The molecule has 0 radical (unpaired) electrons. The molecule has 6 nitrogen and oxygen atoms in total. The molecular weight excluding hydrogens is 338 g/mol. The van der Waals surface area contributed by atoms with Crippen molar-refractivity contribution < 1.29 is 4.74 Å². The minimum absolute atomic E-state index is 0.540. The van der Waals surface area contributed by atoms with Crippen LogP contribution in [0.1, 0.15) is 5.69 Å². The van der Waals surface area contributed by atoms with E-state index >= 15 is 0 Å². The van der Waals surface area contributed by atoms with Crippen molar-refractivity contribution in [3.63, 3.8) is 0 Å². The molecule has 25 heavy (non-hydrogen) atoms. The largest absolute Gasteiger partial charge is 0.481 e. The molecular formula is C18H14ClN5O. The van der Waals surface area contributed by atoms with Gasteiger partial charge in [0.1, 0.15) is 0 Å². The van der Waals surface area contributed by atoms with Crippen LogP contribution in [0.15, 0.2) is 55.1 Å². The van der Waals surface area contributed by atoms with Crippen molar-refractivity contribution >= 4 is 22.5 Å². The third kappa shape index (κ3) is 3.16. The maximum absolute atomic E-state index is 6.01. The zero-order valence-electron chi connectivity index (χ0n) is 13.4. The lowest BCUT2D eigenvalue weighted by molar-refractivity contribution is 0.398. The first-order chi connectivity index (χ1) is 12.2. The van der Waals surface area contributed by atoms with Gasteiger partial charge in [0.15, 0.2) is 0 Å². The Balaban J connectivity index is 1.59. The molecule has 0 amide bonds. The molecule has 0 N–H and O–H groups in total. The molecule has 0 fully saturated rings. The molecule has 4 rings (SSSR count). The smallest absolute Gasteiger partial charge is 0.213 e. The third-order valence-corrected chi connectivity index (χ3v) is 4.10. The van der Waals surface area contributed by atoms with E-state index in [1.807, 2.05) is 35.0 Å². The first kappa shape index (κ1) is 15.5. The van der Waals surface area contributed by atoms with Crippen LogP contribution >= 0.6 is 11.6 Å². The van der Waals surface area contributed by atoms with E-state index in [4.69, 9.17) is 16.3 Å². The summed E-state index contributed by atoms with van der Waals surface area (Å²) < 4.78 is 7.02. The van der Waals surface area contributed by atoms with Gasteiger partial charge in [0.05, 0.1) is 49.1 Å². The van der Waals surface area contributed by atoms with Crippen molar-refractivity contribution in [2.45, 2.75) is 6.54 Å². The number of methoxy groups -OCH3 is 1. The lowest BCUT2D eigenvalue weighted by Gasteiger charge is -2.06. The van der Waals surface area contributed by atoms with Gasteiger partial charge in [-0.1, -0.05) is 11.6 Å².